The lowest BCUT2D eigenvalue weighted by atomic mass is 10.1. The standard InChI is InChI=1S/C12H20N4O4/c1-8-9(6-15-16-8)4-3-5-13-12(19)14-7-10(20-2)11(17)18/h6,10H,3-5,7H2,1-2H3,(H,15,16)(H,17,18)(H2,13,14,19). The fourth-order valence-electron chi connectivity index (χ4n) is 1.63. The van der Waals surface area contributed by atoms with Gasteiger partial charge in [0.15, 0.2) is 6.10 Å². The van der Waals surface area contributed by atoms with E-state index in [0.717, 1.165) is 24.1 Å². The van der Waals surface area contributed by atoms with Gasteiger partial charge >= 0.3 is 12.0 Å². The van der Waals surface area contributed by atoms with Crippen LogP contribution in [0.15, 0.2) is 6.20 Å². The van der Waals surface area contributed by atoms with Crippen LogP contribution >= 0.6 is 0 Å². The molecular weight excluding hydrogens is 264 g/mol. The summed E-state index contributed by atoms with van der Waals surface area (Å²) in [7, 11) is 1.28. The molecule has 0 spiro atoms. The first-order valence-electron chi connectivity index (χ1n) is 6.30. The number of nitrogens with zero attached hydrogens (tertiary/aromatic N) is 1. The Balaban J connectivity index is 2.14. The molecule has 1 aromatic heterocycles. The number of hydrogen-bond donors (Lipinski definition) is 4. The molecule has 8 nitrogen and oxygen atoms in total. The Morgan fingerprint density at radius 1 is 1.50 bits per heavy atom. The maximum atomic E-state index is 11.4. The average molecular weight is 284 g/mol. The van der Waals surface area contributed by atoms with E-state index >= 15 is 0 Å². The number of nitrogens with one attached hydrogen (secondary N) is 3. The zero-order valence-corrected chi connectivity index (χ0v) is 11.6. The zero-order chi connectivity index (χ0) is 15.0. The molecule has 0 saturated heterocycles. The van der Waals surface area contributed by atoms with E-state index < -0.39 is 18.1 Å². The van der Waals surface area contributed by atoms with Crippen LogP contribution in [0.2, 0.25) is 0 Å². The second-order valence-electron chi connectivity index (χ2n) is 4.32. The second-order valence-corrected chi connectivity index (χ2v) is 4.32. The van der Waals surface area contributed by atoms with Crippen molar-refractivity contribution in [2.24, 2.45) is 0 Å². The largest absolute Gasteiger partial charge is 0.479 e. The minimum Gasteiger partial charge on any atom is -0.479 e. The smallest absolute Gasteiger partial charge is 0.334 e. The molecule has 1 atom stereocenters. The van der Waals surface area contributed by atoms with E-state index in [1.807, 2.05) is 6.92 Å². The Morgan fingerprint density at radius 2 is 2.25 bits per heavy atom. The van der Waals surface area contributed by atoms with Crippen molar-refractivity contribution in [1.29, 1.82) is 0 Å². The second kappa shape index (κ2) is 8.16. The predicted octanol–water partition coefficient (Wildman–Crippen LogP) is 0.0495. The third-order valence-electron chi connectivity index (χ3n) is 2.85. The van der Waals surface area contributed by atoms with Gasteiger partial charge in [-0.25, -0.2) is 9.59 Å². The van der Waals surface area contributed by atoms with Gasteiger partial charge in [-0.05, 0) is 25.3 Å². The van der Waals surface area contributed by atoms with Crippen LogP contribution in [0.5, 0.6) is 0 Å². The van der Waals surface area contributed by atoms with Crippen LogP contribution in [0.25, 0.3) is 0 Å². The minimum absolute atomic E-state index is 0.0709. The van der Waals surface area contributed by atoms with Crippen molar-refractivity contribution in [3.63, 3.8) is 0 Å². The highest BCUT2D eigenvalue weighted by atomic mass is 16.5. The molecule has 0 radical (unpaired) electrons. The van der Waals surface area contributed by atoms with E-state index in [2.05, 4.69) is 20.8 Å². The number of urea groups is 1. The van der Waals surface area contributed by atoms with Gasteiger partial charge in [-0.3, -0.25) is 5.10 Å². The van der Waals surface area contributed by atoms with Gasteiger partial charge in [-0.15, -0.1) is 0 Å². The summed E-state index contributed by atoms with van der Waals surface area (Å²) in [5, 5.41) is 20.6. The third kappa shape index (κ3) is 5.27. The molecule has 4 N–H and O–H groups in total. The number of hydrogen-bond acceptors (Lipinski definition) is 4. The number of aliphatic carboxylic acids is 1. The lowest BCUT2D eigenvalue weighted by molar-refractivity contribution is -0.147. The van der Waals surface area contributed by atoms with Crippen LogP contribution in [0.4, 0.5) is 4.79 Å². The van der Waals surface area contributed by atoms with E-state index in [9.17, 15) is 9.59 Å². The molecule has 1 unspecified atom stereocenters. The summed E-state index contributed by atoms with van der Waals surface area (Å²) in [6.45, 7) is 2.37. The Bertz CT molecular complexity index is 446. The van der Waals surface area contributed by atoms with Crippen molar-refractivity contribution in [1.82, 2.24) is 20.8 Å². The molecule has 0 aliphatic carbocycles. The molecule has 0 aromatic carbocycles. The quantitative estimate of drug-likeness (QED) is 0.503. The number of aryl methyl sites for hydroxylation is 2. The zero-order valence-electron chi connectivity index (χ0n) is 11.6. The lowest BCUT2D eigenvalue weighted by Crippen LogP contribution is -2.43. The summed E-state index contributed by atoms with van der Waals surface area (Å²) in [5.74, 6) is -1.11. The Morgan fingerprint density at radius 3 is 2.80 bits per heavy atom. The summed E-state index contributed by atoms with van der Waals surface area (Å²) in [6.07, 6.45) is 2.33. The van der Waals surface area contributed by atoms with Crippen LogP contribution in [0, 0.1) is 6.92 Å². The van der Waals surface area contributed by atoms with Crippen molar-refractivity contribution in [3.05, 3.63) is 17.5 Å². The van der Waals surface area contributed by atoms with Crippen molar-refractivity contribution in [2.75, 3.05) is 20.2 Å². The number of aromatic amines is 1. The third-order valence-corrected chi connectivity index (χ3v) is 2.85. The molecule has 0 fully saturated rings. The molecule has 20 heavy (non-hydrogen) atoms. The molecule has 2 amide bonds. The highest BCUT2D eigenvalue weighted by Crippen LogP contribution is 2.04. The maximum Gasteiger partial charge on any atom is 0.334 e. The number of carboxylic acids is 1. The van der Waals surface area contributed by atoms with Crippen molar-refractivity contribution in [2.45, 2.75) is 25.9 Å². The number of carbonyl (C=O) groups excluding carboxylic acids is 1. The first-order chi connectivity index (χ1) is 9.54. The van der Waals surface area contributed by atoms with Gasteiger partial charge in [0.1, 0.15) is 0 Å². The Labute approximate surface area is 116 Å². The van der Waals surface area contributed by atoms with E-state index in [0.29, 0.717) is 6.54 Å². The lowest BCUT2D eigenvalue weighted by Gasteiger charge is -2.12. The van der Waals surface area contributed by atoms with Gasteiger partial charge in [0, 0.05) is 19.3 Å². The number of rotatable bonds is 8. The molecule has 1 heterocycles. The van der Waals surface area contributed by atoms with Crippen LogP contribution < -0.4 is 10.6 Å². The van der Waals surface area contributed by atoms with Crippen LogP contribution in [0.3, 0.4) is 0 Å². The van der Waals surface area contributed by atoms with Crippen molar-refractivity contribution >= 4 is 12.0 Å². The first kappa shape index (κ1) is 16.0. The van der Waals surface area contributed by atoms with Crippen molar-refractivity contribution in [3.8, 4) is 0 Å². The normalized spacial score (nSPS) is 11.9. The highest BCUT2D eigenvalue weighted by molar-refractivity contribution is 5.76. The first-order valence-corrected chi connectivity index (χ1v) is 6.30. The summed E-state index contributed by atoms with van der Waals surface area (Å²) in [6, 6.07) is -0.405. The van der Waals surface area contributed by atoms with Crippen molar-refractivity contribution < 1.29 is 19.4 Å². The topological polar surface area (TPSA) is 116 Å². The van der Waals surface area contributed by atoms with E-state index in [-0.39, 0.29) is 6.54 Å². The van der Waals surface area contributed by atoms with Crippen LogP contribution in [-0.2, 0) is 16.0 Å². The van der Waals surface area contributed by atoms with Gasteiger partial charge in [0.25, 0.3) is 0 Å². The summed E-state index contributed by atoms with van der Waals surface area (Å²) in [5.41, 5.74) is 2.15. The summed E-state index contributed by atoms with van der Waals surface area (Å²) < 4.78 is 4.70. The molecule has 1 rings (SSSR count). The number of H-pyrrole nitrogens is 1. The van der Waals surface area contributed by atoms with Crippen LogP contribution in [0.1, 0.15) is 17.7 Å². The molecule has 1 aromatic rings. The number of methoxy groups -OCH3 is 1. The molecule has 0 aliphatic heterocycles. The van der Waals surface area contributed by atoms with E-state index in [1.54, 1.807) is 6.20 Å². The number of amides is 2. The number of ether oxygens (including phenoxy) is 1. The van der Waals surface area contributed by atoms with Gasteiger partial charge in [0.2, 0.25) is 0 Å². The Kier molecular flexibility index (Phi) is 6.51. The van der Waals surface area contributed by atoms with E-state index in [1.165, 1.54) is 7.11 Å². The van der Waals surface area contributed by atoms with Gasteiger partial charge in [-0.2, -0.15) is 5.10 Å². The van der Waals surface area contributed by atoms with Gasteiger partial charge < -0.3 is 20.5 Å². The van der Waals surface area contributed by atoms with Gasteiger partial charge in [-0.1, -0.05) is 0 Å². The fraction of sp³-hybridized carbons (Fsp3) is 0.583. The minimum atomic E-state index is -1.11. The molecule has 0 aliphatic rings. The van der Waals surface area contributed by atoms with Gasteiger partial charge in [0.05, 0.1) is 12.7 Å². The highest BCUT2D eigenvalue weighted by Gasteiger charge is 2.16. The predicted molar refractivity (Wildman–Crippen MR) is 71.5 cm³/mol. The number of aromatic nitrogens is 2. The average Bonchev–Trinajstić information content (AvgIpc) is 2.80. The van der Waals surface area contributed by atoms with Crippen LogP contribution in [-0.4, -0.2) is 53.6 Å². The molecular formula is C12H20N4O4. The fourth-order valence-corrected chi connectivity index (χ4v) is 1.63. The summed E-state index contributed by atoms with van der Waals surface area (Å²) >= 11 is 0. The molecule has 0 saturated carbocycles. The Hall–Kier alpha value is -2.09. The number of carbonyl (C=O) groups is 2. The molecule has 8 heteroatoms. The molecule has 112 valence electrons. The number of carboxylic acid groups (broad SMARTS) is 1. The monoisotopic (exact) mass is 284 g/mol. The molecule has 0 bridgehead atoms. The SMILES string of the molecule is COC(CNC(=O)NCCCc1cn[nH]c1C)C(=O)O. The maximum absolute atomic E-state index is 11.4. The summed E-state index contributed by atoms with van der Waals surface area (Å²) in [4.78, 5) is 22.1. The van der Waals surface area contributed by atoms with E-state index in [4.69, 9.17) is 9.84 Å².